The van der Waals surface area contributed by atoms with Gasteiger partial charge in [-0.3, -0.25) is 10.1 Å². The Kier molecular flexibility index (Phi) is 3.86. The van der Waals surface area contributed by atoms with Gasteiger partial charge in [-0.2, -0.15) is 0 Å². The van der Waals surface area contributed by atoms with Crippen LogP contribution in [0.1, 0.15) is 52.5 Å². The number of nitrogens with one attached hydrogen (secondary N) is 1. The summed E-state index contributed by atoms with van der Waals surface area (Å²) in [5, 5.41) is 7.20. The van der Waals surface area contributed by atoms with Crippen LogP contribution in [-0.2, 0) is 10.3 Å². The Morgan fingerprint density at radius 1 is 1.33 bits per heavy atom. The topological polar surface area (TPSA) is 69.0 Å². The lowest BCUT2D eigenvalue weighted by molar-refractivity contribution is -0.119. The maximum absolute atomic E-state index is 12.8. The monoisotopic (exact) mass is 328 g/mol. The molecule has 1 N–H and O–H groups in total. The number of fused-ring (bicyclic) bond motifs is 1. The van der Waals surface area contributed by atoms with Crippen LogP contribution in [0.2, 0.25) is 0 Å². The minimum absolute atomic E-state index is 0.106. The highest BCUT2D eigenvalue weighted by Crippen LogP contribution is 2.41. The molecule has 1 aromatic carbocycles. The first-order valence-corrected chi connectivity index (χ1v) is 8.17. The summed E-state index contributed by atoms with van der Waals surface area (Å²) < 4.78 is 7.72. The van der Waals surface area contributed by atoms with Gasteiger partial charge in [-0.15, -0.1) is 5.10 Å². The number of carbonyl (C=O) groups is 1. The molecule has 1 aliphatic heterocycles. The van der Waals surface area contributed by atoms with Gasteiger partial charge >= 0.3 is 0 Å². The second-order valence-electron chi connectivity index (χ2n) is 7.83. The Bertz CT molecular complexity index is 758. The Hall–Kier alpha value is -2.37. The number of rotatable bonds is 2. The van der Waals surface area contributed by atoms with Crippen molar-refractivity contribution in [1.82, 2.24) is 14.8 Å². The molecule has 0 saturated heterocycles. The molecule has 128 valence electrons. The highest BCUT2D eigenvalue weighted by Gasteiger charge is 2.37. The lowest BCUT2D eigenvalue weighted by Gasteiger charge is -2.36. The zero-order valence-corrected chi connectivity index (χ0v) is 14.8. The van der Waals surface area contributed by atoms with Gasteiger partial charge in [0.25, 0.3) is 0 Å². The van der Waals surface area contributed by atoms with Crippen molar-refractivity contribution in [3.05, 3.63) is 36.2 Å². The van der Waals surface area contributed by atoms with E-state index in [1.54, 1.807) is 11.0 Å². The van der Waals surface area contributed by atoms with Crippen molar-refractivity contribution in [2.75, 3.05) is 5.32 Å². The molecule has 24 heavy (non-hydrogen) atoms. The van der Waals surface area contributed by atoms with Crippen molar-refractivity contribution < 1.29 is 9.53 Å². The van der Waals surface area contributed by atoms with E-state index in [2.05, 4.69) is 15.4 Å². The maximum atomic E-state index is 12.8. The number of benzene rings is 1. The zero-order valence-electron chi connectivity index (χ0n) is 14.8. The van der Waals surface area contributed by atoms with E-state index in [0.717, 1.165) is 11.3 Å². The molecule has 1 atom stereocenters. The van der Waals surface area contributed by atoms with Gasteiger partial charge in [0.15, 0.2) is 0 Å². The Balaban J connectivity index is 1.83. The van der Waals surface area contributed by atoms with E-state index in [1.165, 1.54) is 0 Å². The van der Waals surface area contributed by atoms with E-state index in [1.807, 2.05) is 58.9 Å². The van der Waals surface area contributed by atoms with Crippen LogP contribution in [0, 0.1) is 0 Å². The van der Waals surface area contributed by atoms with Gasteiger partial charge in [-0.1, -0.05) is 18.2 Å². The van der Waals surface area contributed by atoms with Crippen molar-refractivity contribution in [2.24, 2.45) is 0 Å². The number of ether oxygens (including phenoxy) is 1. The van der Waals surface area contributed by atoms with Gasteiger partial charge in [0.05, 0.1) is 11.5 Å². The van der Waals surface area contributed by atoms with Gasteiger partial charge in [-0.25, -0.2) is 9.67 Å². The van der Waals surface area contributed by atoms with Crippen LogP contribution in [0.25, 0.3) is 0 Å². The minimum atomic E-state index is -0.394. The molecule has 0 saturated carbocycles. The molecular formula is C18H24N4O2. The van der Waals surface area contributed by atoms with Gasteiger partial charge in [0, 0.05) is 12.0 Å². The third-order valence-electron chi connectivity index (χ3n) is 4.11. The Morgan fingerprint density at radius 2 is 2.04 bits per heavy atom. The van der Waals surface area contributed by atoms with E-state index in [4.69, 9.17) is 4.74 Å². The maximum Gasteiger partial charge on any atom is 0.248 e. The first kappa shape index (κ1) is 16.5. The fourth-order valence-electron chi connectivity index (χ4n) is 2.88. The molecule has 0 radical (unpaired) electrons. The number of aromatic nitrogens is 3. The van der Waals surface area contributed by atoms with Gasteiger partial charge < -0.3 is 4.74 Å². The predicted molar refractivity (Wildman–Crippen MR) is 92.2 cm³/mol. The molecule has 6 heteroatoms. The van der Waals surface area contributed by atoms with E-state index >= 15 is 0 Å². The van der Waals surface area contributed by atoms with Gasteiger partial charge in [0.1, 0.15) is 17.7 Å². The highest BCUT2D eigenvalue weighted by molar-refractivity contribution is 5.95. The second kappa shape index (κ2) is 5.61. The quantitative estimate of drug-likeness (QED) is 0.918. The van der Waals surface area contributed by atoms with Crippen molar-refractivity contribution >= 4 is 11.9 Å². The summed E-state index contributed by atoms with van der Waals surface area (Å²) in [6, 6.07) is 7.69. The largest absolute Gasteiger partial charge is 0.488 e. The number of nitrogens with zero attached hydrogens (tertiary/aromatic N) is 3. The lowest BCUT2D eigenvalue weighted by Crippen LogP contribution is -2.38. The lowest BCUT2D eigenvalue weighted by atomic mass is 9.84. The summed E-state index contributed by atoms with van der Waals surface area (Å²) in [6.07, 6.45) is 2.24. The van der Waals surface area contributed by atoms with Crippen LogP contribution in [-0.4, -0.2) is 26.3 Å². The van der Waals surface area contributed by atoms with Crippen molar-refractivity contribution in [3.63, 3.8) is 0 Å². The molecule has 2 aromatic rings. The SMILES string of the molecule is CC1(C)CC(C(=O)Nc2ncn(C(C)(C)C)n2)c2ccccc2O1. The number of carbonyl (C=O) groups excluding carboxylic acids is 1. The van der Waals surface area contributed by atoms with Crippen LogP contribution >= 0.6 is 0 Å². The van der Waals surface area contributed by atoms with Crippen molar-refractivity contribution in [2.45, 2.75) is 58.1 Å². The molecule has 1 aliphatic rings. The van der Waals surface area contributed by atoms with Gasteiger partial charge in [-0.05, 0) is 40.7 Å². The fourth-order valence-corrected chi connectivity index (χ4v) is 2.88. The molecule has 1 amide bonds. The van der Waals surface area contributed by atoms with E-state index in [0.29, 0.717) is 12.4 Å². The zero-order chi connectivity index (χ0) is 17.5. The highest BCUT2D eigenvalue weighted by atomic mass is 16.5. The number of anilines is 1. The number of amides is 1. The summed E-state index contributed by atoms with van der Waals surface area (Å²) in [5.41, 5.74) is 0.335. The third kappa shape index (κ3) is 3.27. The molecule has 1 aromatic heterocycles. The van der Waals surface area contributed by atoms with Crippen LogP contribution < -0.4 is 10.1 Å². The van der Waals surface area contributed by atoms with E-state index in [9.17, 15) is 4.79 Å². The standard InChI is InChI=1S/C18H24N4O2/c1-17(2,3)22-11-19-16(21-22)20-15(23)13-10-18(4,5)24-14-9-7-6-8-12(13)14/h6-9,11,13H,10H2,1-5H3,(H,20,21,23). The average Bonchev–Trinajstić information content (AvgIpc) is 2.94. The predicted octanol–water partition coefficient (Wildman–Crippen LogP) is 3.32. The summed E-state index contributed by atoms with van der Waals surface area (Å²) in [4.78, 5) is 17.0. The molecule has 6 nitrogen and oxygen atoms in total. The molecule has 0 aliphatic carbocycles. The Labute approximate surface area is 142 Å². The van der Waals surface area contributed by atoms with Crippen LogP contribution in [0.15, 0.2) is 30.6 Å². The molecule has 1 unspecified atom stereocenters. The molecule has 0 fully saturated rings. The van der Waals surface area contributed by atoms with Crippen LogP contribution in [0.5, 0.6) is 5.75 Å². The summed E-state index contributed by atoms with van der Waals surface area (Å²) in [5.74, 6) is 0.704. The first-order valence-electron chi connectivity index (χ1n) is 8.17. The average molecular weight is 328 g/mol. The van der Waals surface area contributed by atoms with Crippen molar-refractivity contribution in [1.29, 1.82) is 0 Å². The number of para-hydroxylation sites is 1. The number of hydrogen-bond acceptors (Lipinski definition) is 4. The summed E-state index contributed by atoms with van der Waals surface area (Å²) in [6.45, 7) is 10.1. The summed E-state index contributed by atoms with van der Waals surface area (Å²) in [7, 11) is 0. The first-order chi connectivity index (χ1) is 11.2. The summed E-state index contributed by atoms with van der Waals surface area (Å²) >= 11 is 0. The number of hydrogen-bond donors (Lipinski definition) is 1. The smallest absolute Gasteiger partial charge is 0.248 e. The molecule has 0 spiro atoms. The van der Waals surface area contributed by atoms with Crippen LogP contribution in [0.3, 0.4) is 0 Å². The van der Waals surface area contributed by atoms with Crippen molar-refractivity contribution in [3.8, 4) is 5.75 Å². The third-order valence-corrected chi connectivity index (χ3v) is 4.11. The second-order valence-corrected chi connectivity index (χ2v) is 7.83. The molecule has 2 heterocycles. The van der Waals surface area contributed by atoms with E-state index in [-0.39, 0.29) is 17.4 Å². The minimum Gasteiger partial charge on any atom is -0.488 e. The molecule has 3 rings (SSSR count). The molecule has 0 bridgehead atoms. The van der Waals surface area contributed by atoms with Gasteiger partial charge in [0.2, 0.25) is 11.9 Å². The fraction of sp³-hybridized carbons (Fsp3) is 0.500. The van der Waals surface area contributed by atoms with E-state index < -0.39 is 5.60 Å². The molecular weight excluding hydrogens is 304 g/mol. The Morgan fingerprint density at radius 3 is 2.71 bits per heavy atom. The normalized spacial score (nSPS) is 19.3. The van der Waals surface area contributed by atoms with Crippen LogP contribution in [0.4, 0.5) is 5.95 Å².